The molecule has 4 rings (SSSR count). The van der Waals surface area contributed by atoms with E-state index < -0.39 is 0 Å². The third-order valence-corrected chi connectivity index (χ3v) is 5.46. The zero-order valence-corrected chi connectivity index (χ0v) is 17.8. The predicted molar refractivity (Wildman–Crippen MR) is 118 cm³/mol. The van der Waals surface area contributed by atoms with Crippen LogP contribution in [0.5, 0.6) is 11.5 Å². The van der Waals surface area contributed by atoms with Gasteiger partial charge in [0.2, 0.25) is 0 Å². The van der Waals surface area contributed by atoms with Crippen LogP contribution in [0.15, 0.2) is 71.0 Å². The van der Waals surface area contributed by atoms with Crippen molar-refractivity contribution in [2.75, 3.05) is 14.2 Å². The van der Waals surface area contributed by atoms with Crippen molar-refractivity contribution >= 4 is 16.3 Å². The number of aromatic nitrogens is 2. The lowest BCUT2D eigenvalue weighted by atomic mass is 10.2. The summed E-state index contributed by atoms with van der Waals surface area (Å²) >= 11 is 1.46. The highest BCUT2D eigenvalue weighted by Crippen LogP contribution is 2.29. The Morgan fingerprint density at radius 3 is 2.67 bits per heavy atom. The normalized spacial score (nSPS) is 11.2. The average molecular weight is 422 g/mol. The third kappa shape index (κ3) is 4.69. The van der Waals surface area contributed by atoms with Crippen LogP contribution < -0.4 is 15.0 Å². The lowest BCUT2D eigenvalue weighted by Gasteiger charge is -2.18. The van der Waals surface area contributed by atoms with Crippen LogP contribution in [-0.4, -0.2) is 28.4 Å². The molecule has 0 aliphatic rings. The van der Waals surface area contributed by atoms with Gasteiger partial charge in [-0.1, -0.05) is 36.4 Å². The molecule has 0 saturated heterocycles. The van der Waals surface area contributed by atoms with E-state index in [1.54, 1.807) is 23.8 Å². The van der Waals surface area contributed by atoms with Crippen molar-refractivity contribution in [3.63, 3.8) is 0 Å². The minimum Gasteiger partial charge on any atom is -0.493 e. The van der Waals surface area contributed by atoms with Crippen LogP contribution >= 0.6 is 11.3 Å². The van der Waals surface area contributed by atoms with E-state index >= 15 is 0 Å². The molecule has 0 fully saturated rings. The van der Waals surface area contributed by atoms with Gasteiger partial charge in [0, 0.05) is 30.7 Å². The van der Waals surface area contributed by atoms with E-state index in [0.717, 1.165) is 16.8 Å². The Bertz CT molecular complexity index is 1190. The molecule has 2 aromatic carbocycles. The Labute approximate surface area is 179 Å². The van der Waals surface area contributed by atoms with Crippen molar-refractivity contribution in [2.24, 2.45) is 0 Å². The highest BCUT2D eigenvalue weighted by molar-refractivity contribution is 7.15. The second-order valence-electron chi connectivity index (χ2n) is 7.07. The first kappa shape index (κ1) is 20.1. The van der Waals surface area contributed by atoms with Gasteiger partial charge in [-0.25, -0.2) is 4.98 Å². The second-order valence-corrected chi connectivity index (χ2v) is 7.95. The standard InChI is InChI=1S/C23H23N3O3S/c1-25(15-19-13-22(27)26-10-11-30-23(26)24-19)14-18-8-9-20(21(12-18)28-2)29-16-17-6-4-3-5-7-17/h3-13H,14-16H2,1-2H3. The van der Waals surface area contributed by atoms with Gasteiger partial charge >= 0.3 is 0 Å². The largest absolute Gasteiger partial charge is 0.493 e. The Kier molecular flexibility index (Phi) is 6.11. The first-order valence-corrected chi connectivity index (χ1v) is 10.5. The van der Waals surface area contributed by atoms with Gasteiger partial charge in [0.15, 0.2) is 16.5 Å². The number of nitrogens with zero attached hydrogens (tertiary/aromatic N) is 3. The smallest absolute Gasteiger partial charge is 0.258 e. The summed E-state index contributed by atoms with van der Waals surface area (Å²) in [4.78, 5) is 19.6. The molecule has 0 unspecified atom stereocenters. The SMILES string of the molecule is COc1cc(CN(C)Cc2cc(=O)n3ccsc3n2)ccc1OCc1ccccc1. The van der Waals surface area contributed by atoms with Crippen molar-refractivity contribution in [3.05, 3.63) is 93.3 Å². The van der Waals surface area contributed by atoms with Gasteiger partial charge in [-0.2, -0.15) is 0 Å². The minimum atomic E-state index is -0.0498. The summed E-state index contributed by atoms with van der Waals surface area (Å²) in [6, 6.07) is 17.6. The Morgan fingerprint density at radius 1 is 1.03 bits per heavy atom. The highest BCUT2D eigenvalue weighted by atomic mass is 32.1. The average Bonchev–Trinajstić information content (AvgIpc) is 3.22. The van der Waals surface area contributed by atoms with Crippen LogP contribution in [0, 0.1) is 0 Å². The Morgan fingerprint density at radius 2 is 1.87 bits per heavy atom. The molecule has 6 nitrogen and oxygen atoms in total. The van der Waals surface area contributed by atoms with Crippen LogP contribution in [0.4, 0.5) is 0 Å². The fourth-order valence-electron chi connectivity index (χ4n) is 3.28. The minimum absolute atomic E-state index is 0.0498. The molecule has 2 heterocycles. The van der Waals surface area contributed by atoms with Crippen molar-refractivity contribution in [3.8, 4) is 11.5 Å². The van der Waals surface area contributed by atoms with Gasteiger partial charge in [-0.3, -0.25) is 14.1 Å². The van der Waals surface area contributed by atoms with E-state index in [2.05, 4.69) is 9.88 Å². The number of hydrogen-bond acceptors (Lipinski definition) is 6. The summed E-state index contributed by atoms with van der Waals surface area (Å²) in [5, 5.41) is 1.87. The molecule has 0 spiro atoms. The first-order chi connectivity index (χ1) is 14.6. The number of ether oxygens (including phenoxy) is 2. The van der Waals surface area contributed by atoms with Crippen molar-refractivity contribution in [2.45, 2.75) is 19.7 Å². The summed E-state index contributed by atoms with van der Waals surface area (Å²) < 4.78 is 13.0. The summed E-state index contributed by atoms with van der Waals surface area (Å²) in [6.45, 7) is 1.77. The molecular weight excluding hydrogens is 398 g/mol. The van der Waals surface area contributed by atoms with Gasteiger partial charge in [-0.15, -0.1) is 11.3 Å². The lowest BCUT2D eigenvalue weighted by molar-refractivity contribution is 0.282. The Balaban J connectivity index is 1.42. The van der Waals surface area contributed by atoms with Gasteiger partial charge in [0.05, 0.1) is 12.8 Å². The van der Waals surface area contributed by atoms with Crippen LogP contribution in [-0.2, 0) is 19.7 Å². The van der Waals surface area contributed by atoms with Crippen LogP contribution in [0.25, 0.3) is 4.96 Å². The first-order valence-electron chi connectivity index (χ1n) is 9.60. The van der Waals surface area contributed by atoms with Crippen LogP contribution in [0.3, 0.4) is 0 Å². The number of hydrogen-bond donors (Lipinski definition) is 0. The second kappa shape index (κ2) is 9.11. The summed E-state index contributed by atoms with van der Waals surface area (Å²) in [5.41, 5.74) is 2.91. The molecule has 0 bridgehead atoms. The molecule has 0 aliphatic heterocycles. The quantitative estimate of drug-likeness (QED) is 0.431. The van der Waals surface area contributed by atoms with Crippen molar-refractivity contribution < 1.29 is 9.47 Å². The molecule has 0 N–H and O–H groups in total. The van der Waals surface area contributed by atoms with E-state index in [4.69, 9.17) is 9.47 Å². The molecule has 0 saturated carbocycles. The van der Waals surface area contributed by atoms with Gasteiger partial charge < -0.3 is 9.47 Å². The molecule has 30 heavy (non-hydrogen) atoms. The zero-order chi connectivity index (χ0) is 20.9. The predicted octanol–water partition coefficient (Wildman–Crippen LogP) is 3.98. The number of benzene rings is 2. The van der Waals surface area contributed by atoms with Gasteiger partial charge in [-0.05, 0) is 30.3 Å². The van der Waals surface area contributed by atoms with E-state index in [0.29, 0.717) is 36.2 Å². The molecule has 0 radical (unpaired) electrons. The van der Waals surface area contributed by atoms with Crippen molar-refractivity contribution in [1.82, 2.24) is 14.3 Å². The molecule has 0 amide bonds. The van der Waals surface area contributed by atoms with E-state index in [1.807, 2.05) is 61.0 Å². The molecule has 0 aliphatic carbocycles. The topological polar surface area (TPSA) is 56.1 Å². The van der Waals surface area contributed by atoms with Gasteiger partial charge in [0.1, 0.15) is 6.61 Å². The summed E-state index contributed by atoms with van der Waals surface area (Å²) in [6.07, 6.45) is 1.75. The summed E-state index contributed by atoms with van der Waals surface area (Å²) in [5.74, 6) is 1.42. The van der Waals surface area contributed by atoms with E-state index in [9.17, 15) is 4.79 Å². The van der Waals surface area contributed by atoms with Crippen LogP contribution in [0.2, 0.25) is 0 Å². The molecule has 0 atom stereocenters. The van der Waals surface area contributed by atoms with E-state index in [1.165, 1.54) is 11.3 Å². The van der Waals surface area contributed by atoms with Crippen LogP contribution in [0.1, 0.15) is 16.8 Å². The monoisotopic (exact) mass is 421 g/mol. The van der Waals surface area contributed by atoms with Gasteiger partial charge in [0.25, 0.3) is 5.56 Å². The molecule has 2 aromatic heterocycles. The van der Waals surface area contributed by atoms with E-state index in [-0.39, 0.29) is 5.56 Å². The third-order valence-electron chi connectivity index (χ3n) is 4.71. The number of thiazole rings is 1. The molecule has 154 valence electrons. The highest BCUT2D eigenvalue weighted by Gasteiger charge is 2.10. The molecular formula is C23H23N3O3S. The summed E-state index contributed by atoms with van der Waals surface area (Å²) in [7, 11) is 3.65. The Hall–Kier alpha value is -3.16. The molecule has 7 heteroatoms. The fourth-order valence-corrected chi connectivity index (χ4v) is 4.02. The van der Waals surface area contributed by atoms with Crippen molar-refractivity contribution in [1.29, 1.82) is 0 Å². The fraction of sp³-hybridized carbons (Fsp3) is 0.217. The maximum Gasteiger partial charge on any atom is 0.258 e. The zero-order valence-electron chi connectivity index (χ0n) is 16.9. The number of rotatable bonds is 8. The molecule has 4 aromatic rings. The maximum absolute atomic E-state index is 12.2. The number of fused-ring (bicyclic) bond motifs is 1. The number of methoxy groups -OCH3 is 1. The lowest BCUT2D eigenvalue weighted by Crippen LogP contribution is -2.21. The maximum atomic E-state index is 12.2.